The summed E-state index contributed by atoms with van der Waals surface area (Å²) < 4.78 is 13.4. The van der Waals surface area contributed by atoms with Gasteiger partial charge in [-0.15, -0.1) is 11.6 Å². The predicted octanol–water partition coefficient (Wildman–Crippen LogP) is 3.83. The Morgan fingerprint density at radius 3 is 2.81 bits per heavy atom. The SMILES string of the molecule is O=C(CCCCCl)Nc1cccc(Cl)c1F. The standard InChI is InChI=1S/C11H12Cl2FNO/c12-7-2-1-6-10(16)15-9-5-3-4-8(13)11(9)14/h3-5H,1-2,6-7H2,(H,15,16). The number of anilines is 1. The molecule has 0 fully saturated rings. The van der Waals surface area contributed by atoms with Crippen LogP contribution in [0.5, 0.6) is 0 Å². The number of rotatable bonds is 5. The minimum Gasteiger partial charge on any atom is -0.324 e. The fraction of sp³-hybridized carbons (Fsp3) is 0.364. The Bertz CT molecular complexity index is 371. The molecule has 0 aliphatic carbocycles. The summed E-state index contributed by atoms with van der Waals surface area (Å²) in [6.07, 6.45) is 1.79. The topological polar surface area (TPSA) is 29.1 Å². The van der Waals surface area contributed by atoms with Crippen molar-refractivity contribution in [3.8, 4) is 0 Å². The van der Waals surface area contributed by atoms with Crippen molar-refractivity contribution in [1.82, 2.24) is 0 Å². The number of alkyl halides is 1. The summed E-state index contributed by atoms with van der Waals surface area (Å²) in [6.45, 7) is 0. The van der Waals surface area contributed by atoms with Gasteiger partial charge in [-0.2, -0.15) is 0 Å². The molecule has 0 saturated heterocycles. The number of nitrogens with one attached hydrogen (secondary N) is 1. The summed E-state index contributed by atoms with van der Waals surface area (Å²) in [5.74, 6) is -0.306. The second-order valence-corrected chi connectivity index (χ2v) is 4.08. The number of benzene rings is 1. The molecule has 0 heterocycles. The number of amides is 1. The van der Waals surface area contributed by atoms with Gasteiger partial charge in [0.1, 0.15) is 0 Å². The summed E-state index contributed by atoms with van der Waals surface area (Å²) in [4.78, 5) is 11.4. The highest BCUT2D eigenvalue weighted by atomic mass is 35.5. The first-order chi connectivity index (χ1) is 7.65. The normalized spacial score (nSPS) is 10.2. The second-order valence-electron chi connectivity index (χ2n) is 3.30. The summed E-state index contributed by atoms with van der Waals surface area (Å²) in [5.41, 5.74) is 0.114. The summed E-state index contributed by atoms with van der Waals surface area (Å²) in [7, 11) is 0. The zero-order valence-corrected chi connectivity index (χ0v) is 10.1. The van der Waals surface area contributed by atoms with E-state index in [1.807, 2.05) is 0 Å². The Kier molecular flexibility index (Phi) is 5.56. The molecule has 1 N–H and O–H groups in total. The van der Waals surface area contributed by atoms with Gasteiger partial charge in [-0.3, -0.25) is 4.79 Å². The van der Waals surface area contributed by atoms with Crippen LogP contribution in [-0.2, 0) is 4.79 Å². The molecule has 1 rings (SSSR count). The van der Waals surface area contributed by atoms with Gasteiger partial charge >= 0.3 is 0 Å². The first kappa shape index (κ1) is 13.3. The van der Waals surface area contributed by atoms with E-state index in [0.717, 1.165) is 6.42 Å². The molecule has 0 radical (unpaired) electrons. The molecular weight excluding hydrogens is 252 g/mol. The molecule has 0 spiro atoms. The summed E-state index contributed by atoms with van der Waals surface area (Å²) >= 11 is 11.1. The van der Waals surface area contributed by atoms with Crippen molar-refractivity contribution in [2.75, 3.05) is 11.2 Å². The molecule has 2 nitrogen and oxygen atoms in total. The average Bonchev–Trinajstić information content (AvgIpc) is 2.25. The molecule has 1 aromatic rings. The summed E-state index contributed by atoms with van der Waals surface area (Å²) in [5, 5.41) is 2.47. The third kappa shape index (κ3) is 3.99. The van der Waals surface area contributed by atoms with Crippen molar-refractivity contribution in [2.24, 2.45) is 0 Å². The molecular formula is C11H12Cl2FNO. The monoisotopic (exact) mass is 263 g/mol. The van der Waals surface area contributed by atoms with Crippen molar-refractivity contribution < 1.29 is 9.18 Å². The predicted molar refractivity (Wildman–Crippen MR) is 64.6 cm³/mol. The highest BCUT2D eigenvalue weighted by molar-refractivity contribution is 6.31. The van der Waals surface area contributed by atoms with Gasteiger partial charge in [-0.25, -0.2) is 4.39 Å². The summed E-state index contributed by atoms with van der Waals surface area (Å²) in [6, 6.07) is 4.49. The molecule has 88 valence electrons. The molecule has 0 bridgehead atoms. The fourth-order valence-electron chi connectivity index (χ4n) is 1.19. The molecule has 0 unspecified atom stereocenters. The van der Waals surface area contributed by atoms with Crippen LogP contribution in [0.4, 0.5) is 10.1 Å². The van der Waals surface area contributed by atoms with E-state index in [0.29, 0.717) is 18.7 Å². The quantitative estimate of drug-likeness (QED) is 0.635. The van der Waals surface area contributed by atoms with Gasteiger partial charge in [-0.05, 0) is 25.0 Å². The van der Waals surface area contributed by atoms with Crippen LogP contribution in [0, 0.1) is 5.82 Å². The second kappa shape index (κ2) is 6.71. The Morgan fingerprint density at radius 1 is 1.38 bits per heavy atom. The maximum atomic E-state index is 13.4. The maximum Gasteiger partial charge on any atom is 0.224 e. The van der Waals surface area contributed by atoms with E-state index in [9.17, 15) is 9.18 Å². The number of halogens is 3. The fourth-order valence-corrected chi connectivity index (χ4v) is 1.56. The van der Waals surface area contributed by atoms with E-state index in [-0.39, 0.29) is 16.6 Å². The van der Waals surface area contributed by atoms with E-state index in [1.165, 1.54) is 12.1 Å². The molecule has 0 saturated carbocycles. The zero-order chi connectivity index (χ0) is 12.0. The lowest BCUT2D eigenvalue weighted by molar-refractivity contribution is -0.116. The Hall–Kier alpha value is -0.800. The van der Waals surface area contributed by atoms with Gasteiger partial charge in [0, 0.05) is 12.3 Å². The van der Waals surface area contributed by atoms with Crippen molar-refractivity contribution >= 4 is 34.8 Å². The lowest BCUT2D eigenvalue weighted by Gasteiger charge is -2.06. The van der Waals surface area contributed by atoms with E-state index in [4.69, 9.17) is 23.2 Å². The van der Waals surface area contributed by atoms with E-state index in [2.05, 4.69) is 5.32 Å². The van der Waals surface area contributed by atoms with Gasteiger partial charge in [0.2, 0.25) is 5.91 Å². The van der Waals surface area contributed by atoms with Gasteiger partial charge in [0.15, 0.2) is 5.82 Å². The number of carbonyl (C=O) groups excluding carboxylic acids is 1. The third-order valence-corrected chi connectivity index (χ3v) is 2.57. The highest BCUT2D eigenvalue weighted by Gasteiger charge is 2.08. The van der Waals surface area contributed by atoms with E-state index < -0.39 is 5.82 Å². The maximum absolute atomic E-state index is 13.4. The lowest BCUT2D eigenvalue weighted by atomic mass is 10.2. The first-order valence-electron chi connectivity index (χ1n) is 4.95. The smallest absolute Gasteiger partial charge is 0.224 e. The minimum absolute atomic E-state index is 0.00134. The molecule has 0 aliphatic heterocycles. The molecule has 5 heteroatoms. The van der Waals surface area contributed by atoms with Crippen LogP contribution in [-0.4, -0.2) is 11.8 Å². The van der Waals surface area contributed by atoms with Crippen molar-refractivity contribution in [1.29, 1.82) is 0 Å². The van der Waals surface area contributed by atoms with Gasteiger partial charge in [0.25, 0.3) is 0 Å². The zero-order valence-electron chi connectivity index (χ0n) is 8.60. The number of hydrogen-bond donors (Lipinski definition) is 1. The van der Waals surface area contributed by atoms with Gasteiger partial charge in [0.05, 0.1) is 10.7 Å². The van der Waals surface area contributed by atoms with Gasteiger partial charge < -0.3 is 5.32 Å². The Balaban J connectivity index is 2.53. The van der Waals surface area contributed by atoms with Crippen LogP contribution in [0.3, 0.4) is 0 Å². The van der Waals surface area contributed by atoms with Crippen LogP contribution >= 0.6 is 23.2 Å². The number of unbranched alkanes of at least 4 members (excludes halogenated alkanes) is 1. The lowest BCUT2D eigenvalue weighted by Crippen LogP contribution is -2.12. The van der Waals surface area contributed by atoms with Crippen molar-refractivity contribution in [3.63, 3.8) is 0 Å². The van der Waals surface area contributed by atoms with Crippen LogP contribution in [0.2, 0.25) is 5.02 Å². The minimum atomic E-state index is -0.602. The molecule has 16 heavy (non-hydrogen) atoms. The van der Waals surface area contributed by atoms with Crippen LogP contribution < -0.4 is 5.32 Å². The van der Waals surface area contributed by atoms with Crippen molar-refractivity contribution in [3.05, 3.63) is 29.0 Å². The molecule has 1 amide bonds. The average molecular weight is 264 g/mol. The van der Waals surface area contributed by atoms with Gasteiger partial charge in [-0.1, -0.05) is 17.7 Å². The Morgan fingerprint density at radius 2 is 2.12 bits per heavy atom. The molecule has 0 aromatic heterocycles. The molecule has 0 aliphatic rings. The first-order valence-corrected chi connectivity index (χ1v) is 5.86. The highest BCUT2D eigenvalue weighted by Crippen LogP contribution is 2.22. The molecule has 0 atom stereocenters. The van der Waals surface area contributed by atoms with Crippen LogP contribution in [0.25, 0.3) is 0 Å². The Labute approximate surface area is 104 Å². The number of hydrogen-bond acceptors (Lipinski definition) is 1. The van der Waals surface area contributed by atoms with Crippen molar-refractivity contribution in [2.45, 2.75) is 19.3 Å². The van der Waals surface area contributed by atoms with E-state index in [1.54, 1.807) is 6.07 Å². The number of carbonyl (C=O) groups is 1. The van der Waals surface area contributed by atoms with Crippen LogP contribution in [0.15, 0.2) is 18.2 Å². The largest absolute Gasteiger partial charge is 0.324 e. The molecule has 1 aromatic carbocycles. The van der Waals surface area contributed by atoms with E-state index >= 15 is 0 Å². The van der Waals surface area contributed by atoms with Crippen LogP contribution in [0.1, 0.15) is 19.3 Å². The third-order valence-electron chi connectivity index (χ3n) is 2.01.